The van der Waals surface area contributed by atoms with Gasteiger partial charge in [-0.1, -0.05) is 52.8 Å². The van der Waals surface area contributed by atoms with E-state index in [0.29, 0.717) is 5.25 Å². The van der Waals surface area contributed by atoms with Crippen LogP contribution < -0.4 is 5.32 Å². The van der Waals surface area contributed by atoms with E-state index in [1.807, 2.05) is 17.8 Å². The second-order valence-electron chi connectivity index (χ2n) is 3.74. The molecule has 0 radical (unpaired) electrons. The smallest absolute Gasteiger partial charge is 0.157 e. The zero-order valence-corrected chi connectivity index (χ0v) is 11.6. The molecule has 2 rings (SSSR count). The van der Waals surface area contributed by atoms with Crippen LogP contribution in [0, 0.1) is 0 Å². The molecule has 2 nitrogen and oxygen atoms in total. The van der Waals surface area contributed by atoms with Crippen LogP contribution in [-0.2, 0) is 6.54 Å². The van der Waals surface area contributed by atoms with Crippen LogP contribution >= 0.6 is 27.7 Å². The van der Waals surface area contributed by atoms with Crippen LogP contribution in [0.25, 0.3) is 0 Å². The quantitative estimate of drug-likeness (QED) is 0.925. The average molecular weight is 299 g/mol. The normalized spacial score (nSPS) is 19.6. The maximum absolute atomic E-state index is 4.49. The molecular weight excluding hydrogens is 284 g/mol. The summed E-state index contributed by atoms with van der Waals surface area (Å²) < 4.78 is 1.15. The van der Waals surface area contributed by atoms with Gasteiger partial charge in [0.2, 0.25) is 0 Å². The minimum Gasteiger partial charge on any atom is -0.361 e. The van der Waals surface area contributed by atoms with E-state index in [4.69, 9.17) is 0 Å². The van der Waals surface area contributed by atoms with E-state index >= 15 is 0 Å². The van der Waals surface area contributed by atoms with Crippen molar-refractivity contribution in [3.63, 3.8) is 0 Å². The van der Waals surface area contributed by atoms with Crippen LogP contribution in [0.4, 0.5) is 0 Å². The Bertz CT molecular complexity index is 392. The summed E-state index contributed by atoms with van der Waals surface area (Å²) in [6, 6.07) is 8.27. The van der Waals surface area contributed by atoms with E-state index < -0.39 is 0 Å². The van der Waals surface area contributed by atoms with Crippen LogP contribution in [0.1, 0.15) is 18.9 Å². The number of benzene rings is 1. The summed E-state index contributed by atoms with van der Waals surface area (Å²) in [6.07, 6.45) is 1.19. The summed E-state index contributed by atoms with van der Waals surface area (Å²) in [6.45, 7) is 4.01. The molecule has 1 aromatic rings. The van der Waals surface area contributed by atoms with Crippen molar-refractivity contribution in [2.75, 3.05) is 6.54 Å². The molecule has 1 aromatic carbocycles. The topological polar surface area (TPSA) is 24.4 Å². The molecule has 1 N–H and O–H groups in total. The molecule has 1 aliphatic rings. The lowest BCUT2D eigenvalue weighted by atomic mass is 10.2. The van der Waals surface area contributed by atoms with Crippen molar-refractivity contribution in [1.82, 2.24) is 5.32 Å². The summed E-state index contributed by atoms with van der Waals surface area (Å²) in [7, 11) is 0. The van der Waals surface area contributed by atoms with Gasteiger partial charge in [0, 0.05) is 16.3 Å². The van der Waals surface area contributed by atoms with Gasteiger partial charge in [-0.3, -0.25) is 4.99 Å². The van der Waals surface area contributed by atoms with E-state index in [2.05, 4.69) is 51.4 Å². The summed E-state index contributed by atoms with van der Waals surface area (Å²) >= 11 is 5.40. The third-order valence-corrected chi connectivity index (χ3v) is 4.65. The number of hydrogen-bond acceptors (Lipinski definition) is 3. The Kier molecular flexibility index (Phi) is 4.29. The summed E-state index contributed by atoms with van der Waals surface area (Å²) in [4.78, 5) is 4.49. The maximum atomic E-state index is 4.49. The van der Waals surface area contributed by atoms with E-state index in [1.165, 1.54) is 12.0 Å². The number of thioether (sulfide) groups is 1. The molecule has 0 bridgehead atoms. The predicted molar refractivity (Wildman–Crippen MR) is 75.0 cm³/mol. The van der Waals surface area contributed by atoms with Crippen molar-refractivity contribution in [2.24, 2.45) is 4.99 Å². The molecule has 0 saturated carbocycles. The third kappa shape index (κ3) is 3.01. The highest BCUT2D eigenvalue weighted by atomic mass is 79.9. The average Bonchev–Trinajstić information content (AvgIpc) is 2.76. The Morgan fingerprint density at radius 3 is 3.00 bits per heavy atom. The van der Waals surface area contributed by atoms with Crippen molar-refractivity contribution in [2.45, 2.75) is 25.1 Å². The first-order chi connectivity index (χ1) is 7.79. The van der Waals surface area contributed by atoms with Gasteiger partial charge in [0.25, 0.3) is 0 Å². The van der Waals surface area contributed by atoms with Gasteiger partial charge in [0.15, 0.2) is 5.17 Å². The van der Waals surface area contributed by atoms with E-state index in [9.17, 15) is 0 Å². The minimum absolute atomic E-state index is 0.668. The number of halogens is 1. The minimum atomic E-state index is 0.668. The van der Waals surface area contributed by atoms with Crippen molar-refractivity contribution < 1.29 is 0 Å². The van der Waals surface area contributed by atoms with E-state index in [1.54, 1.807) is 0 Å². The zero-order chi connectivity index (χ0) is 11.4. The lowest BCUT2D eigenvalue weighted by molar-refractivity contribution is 0.839. The largest absolute Gasteiger partial charge is 0.361 e. The number of amidine groups is 1. The van der Waals surface area contributed by atoms with Gasteiger partial charge in [-0.25, -0.2) is 0 Å². The van der Waals surface area contributed by atoms with Crippen LogP contribution in [0.2, 0.25) is 0 Å². The summed E-state index contributed by atoms with van der Waals surface area (Å²) in [5.74, 6) is 0. The van der Waals surface area contributed by atoms with Gasteiger partial charge in [-0.05, 0) is 18.1 Å². The van der Waals surface area contributed by atoms with Gasteiger partial charge in [0.1, 0.15) is 0 Å². The number of hydrogen-bond donors (Lipinski definition) is 1. The van der Waals surface area contributed by atoms with E-state index in [0.717, 1.165) is 22.7 Å². The Morgan fingerprint density at radius 2 is 2.31 bits per heavy atom. The Hall–Kier alpha value is -0.480. The lowest BCUT2D eigenvalue weighted by Crippen LogP contribution is -2.19. The molecule has 1 heterocycles. The highest BCUT2D eigenvalue weighted by Gasteiger charge is 2.17. The number of aliphatic imine (C=N–C) groups is 1. The molecule has 0 saturated heterocycles. The molecule has 16 heavy (non-hydrogen) atoms. The third-order valence-electron chi connectivity index (χ3n) is 2.56. The van der Waals surface area contributed by atoms with Crippen LogP contribution in [0.5, 0.6) is 0 Å². The van der Waals surface area contributed by atoms with Gasteiger partial charge in [-0.2, -0.15) is 0 Å². The molecule has 0 amide bonds. The fourth-order valence-electron chi connectivity index (χ4n) is 1.54. The molecule has 86 valence electrons. The molecule has 0 fully saturated rings. The van der Waals surface area contributed by atoms with Gasteiger partial charge in [0.05, 0.1) is 6.54 Å². The molecule has 1 atom stereocenters. The zero-order valence-electron chi connectivity index (χ0n) is 9.24. The molecule has 1 aliphatic heterocycles. The van der Waals surface area contributed by atoms with Crippen LogP contribution in [0.3, 0.4) is 0 Å². The molecule has 1 unspecified atom stereocenters. The maximum Gasteiger partial charge on any atom is 0.157 e. The summed E-state index contributed by atoms with van der Waals surface area (Å²) in [5, 5.41) is 5.14. The van der Waals surface area contributed by atoms with Crippen molar-refractivity contribution in [3.05, 3.63) is 34.3 Å². The standard InChI is InChI=1S/C12H15BrN2S/c1-2-10-8-15-12(16-10)14-7-9-5-3-4-6-11(9)13/h3-6,10H,2,7-8H2,1H3,(H,14,15). The molecule has 0 spiro atoms. The lowest BCUT2D eigenvalue weighted by Gasteiger charge is -2.08. The van der Waals surface area contributed by atoms with Gasteiger partial charge in [-0.15, -0.1) is 0 Å². The molecule has 0 aromatic heterocycles. The van der Waals surface area contributed by atoms with Gasteiger partial charge < -0.3 is 5.32 Å². The fourth-order valence-corrected chi connectivity index (χ4v) is 2.90. The second kappa shape index (κ2) is 5.73. The predicted octanol–water partition coefficient (Wildman–Crippen LogP) is 3.42. The Labute approximate surface area is 109 Å². The van der Waals surface area contributed by atoms with Crippen molar-refractivity contribution >= 4 is 32.9 Å². The Balaban J connectivity index is 1.87. The first-order valence-corrected chi connectivity index (χ1v) is 7.15. The first kappa shape index (κ1) is 12.0. The SMILES string of the molecule is CCC1CN=C(NCc2ccccc2Br)S1. The number of nitrogens with zero attached hydrogens (tertiary/aromatic N) is 1. The number of nitrogens with one attached hydrogen (secondary N) is 1. The number of rotatable bonds is 3. The van der Waals surface area contributed by atoms with E-state index in [-0.39, 0.29) is 0 Å². The van der Waals surface area contributed by atoms with Crippen LogP contribution in [0.15, 0.2) is 33.7 Å². The van der Waals surface area contributed by atoms with Crippen LogP contribution in [-0.4, -0.2) is 17.0 Å². The molecule has 0 aliphatic carbocycles. The molecule has 4 heteroatoms. The van der Waals surface area contributed by atoms with Crippen molar-refractivity contribution in [3.8, 4) is 0 Å². The Morgan fingerprint density at radius 1 is 1.50 bits per heavy atom. The molecular formula is C12H15BrN2S. The fraction of sp³-hybridized carbons (Fsp3) is 0.417. The summed E-state index contributed by atoms with van der Waals surface area (Å²) in [5.41, 5.74) is 1.27. The second-order valence-corrected chi connectivity index (χ2v) is 5.88. The van der Waals surface area contributed by atoms with Gasteiger partial charge >= 0.3 is 0 Å². The first-order valence-electron chi connectivity index (χ1n) is 5.48. The van der Waals surface area contributed by atoms with Crippen molar-refractivity contribution in [1.29, 1.82) is 0 Å². The highest BCUT2D eigenvalue weighted by Crippen LogP contribution is 2.23. The highest BCUT2D eigenvalue weighted by molar-refractivity contribution is 9.10. The monoisotopic (exact) mass is 298 g/mol.